The molecule has 1 aromatic rings. The summed E-state index contributed by atoms with van der Waals surface area (Å²) in [6.45, 7) is 7.23. The molecule has 0 bridgehead atoms. The van der Waals surface area contributed by atoms with Gasteiger partial charge in [0.2, 0.25) is 0 Å². The number of aliphatic hydroxyl groups is 1. The van der Waals surface area contributed by atoms with E-state index in [4.69, 9.17) is 14.6 Å². The molecule has 17 heavy (non-hydrogen) atoms. The van der Waals surface area contributed by atoms with E-state index in [2.05, 4.69) is 0 Å². The molecular formula is C14H22O3. The fraction of sp³-hybridized carbons (Fsp3) is 0.571. The van der Waals surface area contributed by atoms with Gasteiger partial charge in [-0.15, -0.1) is 0 Å². The molecule has 1 N–H and O–H groups in total. The van der Waals surface area contributed by atoms with Gasteiger partial charge in [-0.1, -0.05) is 24.3 Å². The number of ether oxygens (including phenoxy) is 2. The minimum absolute atomic E-state index is 0.174. The van der Waals surface area contributed by atoms with E-state index < -0.39 is 5.79 Å². The summed E-state index contributed by atoms with van der Waals surface area (Å²) in [4.78, 5) is 0. The number of hydrogen-bond donors (Lipinski definition) is 1. The van der Waals surface area contributed by atoms with Crippen LogP contribution in [0.2, 0.25) is 0 Å². The van der Waals surface area contributed by atoms with E-state index in [0.29, 0.717) is 19.6 Å². The number of benzene rings is 1. The quantitative estimate of drug-likeness (QED) is 0.742. The van der Waals surface area contributed by atoms with Crippen LogP contribution in [0, 0.1) is 0 Å². The molecule has 0 saturated carbocycles. The molecule has 0 aliphatic rings. The van der Waals surface area contributed by atoms with Gasteiger partial charge in [0.05, 0.1) is 0 Å². The molecule has 0 aromatic heterocycles. The van der Waals surface area contributed by atoms with Crippen LogP contribution >= 0.6 is 0 Å². The van der Waals surface area contributed by atoms with Gasteiger partial charge < -0.3 is 14.6 Å². The van der Waals surface area contributed by atoms with Crippen LogP contribution in [0.5, 0.6) is 0 Å². The van der Waals surface area contributed by atoms with Crippen molar-refractivity contribution < 1.29 is 14.6 Å². The lowest BCUT2D eigenvalue weighted by atomic mass is 10.0. The second-order valence-electron chi connectivity index (χ2n) is 3.98. The Morgan fingerprint density at radius 2 is 1.59 bits per heavy atom. The Bertz CT molecular complexity index is 313. The van der Waals surface area contributed by atoms with Crippen molar-refractivity contribution in [2.75, 3.05) is 19.8 Å². The third-order valence-corrected chi connectivity index (χ3v) is 2.72. The highest BCUT2D eigenvalue weighted by molar-refractivity contribution is 5.25. The van der Waals surface area contributed by atoms with Gasteiger partial charge in [-0.3, -0.25) is 0 Å². The summed E-state index contributed by atoms with van der Waals surface area (Å²) in [5.41, 5.74) is 2.12. The maximum absolute atomic E-state index is 8.87. The van der Waals surface area contributed by atoms with Crippen LogP contribution in [0.25, 0.3) is 0 Å². The van der Waals surface area contributed by atoms with E-state index in [1.807, 2.05) is 45.0 Å². The summed E-state index contributed by atoms with van der Waals surface area (Å²) in [7, 11) is 0. The first kappa shape index (κ1) is 14.2. The van der Waals surface area contributed by atoms with Gasteiger partial charge in [-0.25, -0.2) is 0 Å². The number of rotatable bonds is 7. The Hall–Kier alpha value is -0.900. The average molecular weight is 238 g/mol. The first-order chi connectivity index (χ1) is 8.16. The fourth-order valence-electron chi connectivity index (χ4n) is 1.86. The van der Waals surface area contributed by atoms with Crippen LogP contribution in [-0.4, -0.2) is 24.9 Å². The lowest BCUT2D eigenvalue weighted by Gasteiger charge is -2.29. The minimum atomic E-state index is -0.679. The van der Waals surface area contributed by atoms with Gasteiger partial charge in [0.1, 0.15) is 0 Å². The van der Waals surface area contributed by atoms with Crippen molar-refractivity contribution in [3.8, 4) is 0 Å². The Morgan fingerprint density at radius 3 is 2.00 bits per heavy atom. The first-order valence-electron chi connectivity index (χ1n) is 6.14. The van der Waals surface area contributed by atoms with Gasteiger partial charge >= 0.3 is 0 Å². The molecular weight excluding hydrogens is 216 g/mol. The third-order valence-electron chi connectivity index (χ3n) is 2.72. The van der Waals surface area contributed by atoms with E-state index in [-0.39, 0.29) is 6.61 Å². The third kappa shape index (κ3) is 3.80. The van der Waals surface area contributed by atoms with E-state index in [1.54, 1.807) is 0 Å². The first-order valence-corrected chi connectivity index (χ1v) is 6.14. The molecule has 1 rings (SSSR count). The molecule has 0 fully saturated rings. The Labute approximate surface area is 103 Å². The van der Waals surface area contributed by atoms with Crippen LogP contribution in [0.4, 0.5) is 0 Å². The maximum Gasteiger partial charge on any atom is 0.191 e. The second-order valence-corrected chi connectivity index (χ2v) is 3.98. The lowest BCUT2D eigenvalue weighted by Crippen LogP contribution is -2.29. The summed E-state index contributed by atoms with van der Waals surface area (Å²) in [5.74, 6) is -0.679. The Morgan fingerprint density at radius 1 is 1.06 bits per heavy atom. The minimum Gasteiger partial charge on any atom is -0.396 e. The number of aliphatic hydroxyl groups excluding tert-OH is 1. The molecule has 96 valence electrons. The normalized spacial score (nSPS) is 11.8. The molecule has 1 aromatic carbocycles. The lowest BCUT2D eigenvalue weighted by molar-refractivity contribution is -0.229. The maximum atomic E-state index is 8.87. The summed E-state index contributed by atoms with van der Waals surface area (Å²) < 4.78 is 11.4. The van der Waals surface area contributed by atoms with Crippen molar-refractivity contribution in [2.45, 2.75) is 33.0 Å². The zero-order valence-electron chi connectivity index (χ0n) is 10.9. The zero-order valence-corrected chi connectivity index (χ0v) is 10.9. The van der Waals surface area contributed by atoms with Crippen LogP contribution in [0.3, 0.4) is 0 Å². The van der Waals surface area contributed by atoms with Crippen molar-refractivity contribution in [3.63, 3.8) is 0 Å². The van der Waals surface area contributed by atoms with E-state index in [0.717, 1.165) is 11.1 Å². The van der Waals surface area contributed by atoms with Gasteiger partial charge in [0.25, 0.3) is 0 Å². The molecule has 0 radical (unpaired) electrons. The molecule has 0 spiro atoms. The van der Waals surface area contributed by atoms with Gasteiger partial charge in [-0.05, 0) is 32.8 Å². The van der Waals surface area contributed by atoms with Gasteiger partial charge in [0.15, 0.2) is 5.79 Å². The predicted octanol–water partition coefficient (Wildman–Crippen LogP) is 2.47. The standard InChI is InChI=1S/C14H22O3/c1-4-16-14(3,17-5-2)13-8-6-12(7-9-13)10-11-15/h6-9,15H,4-5,10-11H2,1-3H3. The summed E-state index contributed by atoms with van der Waals surface area (Å²) >= 11 is 0. The topological polar surface area (TPSA) is 38.7 Å². The predicted molar refractivity (Wildman–Crippen MR) is 67.8 cm³/mol. The second kappa shape index (κ2) is 6.74. The SMILES string of the molecule is CCOC(C)(OCC)c1ccc(CCO)cc1. The van der Waals surface area contributed by atoms with Crippen molar-refractivity contribution in [3.05, 3.63) is 35.4 Å². The van der Waals surface area contributed by atoms with Crippen molar-refractivity contribution in [1.29, 1.82) is 0 Å². The molecule has 0 atom stereocenters. The largest absolute Gasteiger partial charge is 0.396 e. The highest BCUT2D eigenvalue weighted by Crippen LogP contribution is 2.27. The van der Waals surface area contributed by atoms with Crippen LogP contribution < -0.4 is 0 Å². The monoisotopic (exact) mass is 238 g/mol. The summed E-state index contributed by atoms with van der Waals surface area (Å²) in [6, 6.07) is 8.00. The van der Waals surface area contributed by atoms with Gasteiger partial charge in [-0.2, -0.15) is 0 Å². The smallest absolute Gasteiger partial charge is 0.191 e. The molecule has 0 aliphatic carbocycles. The molecule has 0 aliphatic heterocycles. The highest BCUT2D eigenvalue weighted by atomic mass is 16.7. The fourth-order valence-corrected chi connectivity index (χ4v) is 1.86. The average Bonchev–Trinajstić information content (AvgIpc) is 2.31. The van der Waals surface area contributed by atoms with Crippen LogP contribution in [-0.2, 0) is 21.7 Å². The van der Waals surface area contributed by atoms with E-state index in [9.17, 15) is 0 Å². The summed E-state index contributed by atoms with van der Waals surface area (Å²) in [5, 5.41) is 8.87. The van der Waals surface area contributed by atoms with Gasteiger partial charge in [0, 0.05) is 25.4 Å². The molecule has 3 nitrogen and oxygen atoms in total. The van der Waals surface area contributed by atoms with Crippen LogP contribution in [0.1, 0.15) is 31.9 Å². The number of hydrogen-bond acceptors (Lipinski definition) is 3. The molecule has 0 unspecified atom stereocenters. The molecule has 0 saturated heterocycles. The Balaban J connectivity index is 2.87. The van der Waals surface area contributed by atoms with Crippen molar-refractivity contribution >= 4 is 0 Å². The van der Waals surface area contributed by atoms with E-state index in [1.165, 1.54) is 0 Å². The van der Waals surface area contributed by atoms with Crippen molar-refractivity contribution in [2.24, 2.45) is 0 Å². The molecule has 3 heteroatoms. The van der Waals surface area contributed by atoms with Crippen molar-refractivity contribution in [1.82, 2.24) is 0 Å². The van der Waals surface area contributed by atoms with E-state index >= 15 is 0 Å². The zero-order chi connectivity index (χ0) is 12.7. The summed E-state index contributed by atoms with van der Waals surface area (Å²) in [6.07, 6.45) is 0.681. The molecule has 0 heterocycles. The Kier molecular flexibility index (Phi) is 5.62. The van der Waals surface area contributed by atoms with Crippen LogP contribution in [0.15, 0.2) is 24.3 Å². The molecule has 0 amide bonds. The highest BCUT2D eigenvalue weighted by Gasteiger charge is 2.27.